The van der Waals surface area contributed by atoms with Gasteiger partial charge in [-0.25, -0.2) is 0 Å². The minimum atomic E-state index is -0.211. The maximum Gasteiger partial charge on any atom is 0.141 e. The first-order valence-corrected chi connectivity index (χ1v) is 10.2. The Labute approximate surface area is 160 Å². The van der Waals surface area contributed by atoms with E-state index in [1.165, 1.54) is 30.2 Å². The molecule has 2 fully saturated rings. The van der Waals surface area contributed by atoms with E-state index in [-0.39, 0.29) is 17.4 Å². The summed E-state index contributed by atoms with van der Waals surface area (Å²) in [6.45, 7) is 0. The van der Waals surface area contributed by atoms with Gasteiger partial charge in [-0.1, -0.05) is 55.7 Å². The van der Waals surface area contributed by atoms with E-state index < -0.39 is 0 Å². The van der Waals surface area contributed by atoms with E-state index in [9.17, 15) is 4.79 Å². The van der Waals surface area contributed by atoms with Gasteiger partial charge >= 0.3 is 0 Å². The molecule has 2 aromatic carbocycles. The minimum Gasteiger partial charge on any atom is -0.381 e. The Morgan fingerprint density at radius 3 is 2.48 bits per heavy atom. The summed E-state index contributed by atoms with van der Waals surface area (Å²) in [6.07, 6.45) is 8.41. The first kappa shape index (κ1) is 16.6. The third-order valence-corrected chi connectivity index (χ3v) is 6.82. The van der Waals surface area contributed by atoms with Gasteiger partial charge in [-0.05, 0) is 36.6 Å². The average Bonchev–Trinajstić information content (AvgIpc) is 3.25. The van der Waals surface area contributed by atoms with Crippen molar-refractivity contribution < 1.29 is 4.79 Å². The molecule has 1 heterocycles. The lowest BCUT2D eigenvalue weighted by atomic mass is 9.68. The van der Waals surface area contributed by atoms with Crippen LogP contribution >= 0.6 is 0 Å². The minimum absolute atomic E-state index is 0.159. The predicted molar refractivity (Wildman–Crippen MR) is 110 cm³/mol. The molecule has 2 N–H and O–H groups in total. The number of para-hydroxylation sites is 2. The summed E-state index contributed by atoms with van der Waals surface area (Å²) in [5, 5.41) is 5.05. The number of anilines is 1. The van der Waals surface area contributed by atoms with Gasteiger partial charge in [-0.2, -0.15) is 0 Å². The smallest absolute Gasteiger partial charge is 0.141 e. The number of nitrogens with one attached hydrogen (secondary N) is 2. The normalized spacial score (nSPS) is 24.5. The topological polar surface area (TPSA) is 44.9 Å². The highest BCUT2D eigenvalue weighted by atomic mass is 16.1. The van der Waals surface area contributed by atoms with Crippen LogP contribution < -0.4 is 5.32 Å². The van der Waals surface area contributed by atoms with Gasteiger partial charge in [-0.3, -0.25) is 4.79 Å². The Hall–Kier alpha value is -2.55. The number of carbonyl (C=O) groups excluding carboxylic acids is 1. The fourth-order valence-electron chi connectivity index (χ4n) is 5.49. The molecule has 0 amide bonds. The summed E-state index contributed by atoms with van der Waals surface area (Å²) >= 11 is 0. The van der Waals surface area contributed by atoms with Crippen LogP contribution in [0.25, 0.3) is 10.9 Å². The molecule has 27 heavy (non-hydrogen) atoms. The van der Waals surface area contributed by atoms with Gasteiger partial charge < -0.3 is 10.3 Å². The predicted octanol–water partition coefficient (Wildman–Crippen LogP) is 5.66. The Balaban J connectivity index is 1.59. The van der Waals surface area contributed by atoms with Crippen LogP contribution in [0.5, 0.6) is 0 Å². The molecule has 3 nitrogen and oxygen atoms in total. The highest BCUT2D eigenvalue weighted by molar-refractivity contribution is 5.92. The lowest BCUT2D eigenvalue weighted by molar-refractivity contribution is -0.127. The number of hydrogen-bond acceptors (Lipinski definition) is 2. The Morgan fingerprint density at radius 1 is 0.926 bits per heavy atom. The van der Waals surface area contributed by atoms with E-state index in [0.29, 0.717) is 12.2 Å². The van der Waals surface area contributed by atoms with Gasteiger partial charge in [0.15, 0.2) is 0 Å². The van der Waals surface area contributed by atoms with Gasteiger partial charge in [0.05, 0.1) is 0 Å². The van der Waals surface area contributed by atoms with Crippen LogP contribution in [0.2, 0.25) is 0 Å². The van der Waals surface area contributed by atoms with Crippen molar-refractivity contribution in [2.45, 2.75) is 50.5 Å². The number of carbonyl (C=O) groups is 1. The number of hydrogen-bond donors (Lipinski definition) is 2. The second-order valence-electron chi connectivity index (χ2n) is 8.23. The first-order chi connectivity index (χ1) is 13.3. The number of ketones is 1. The van der Waals surface area contributed by atoms with Crippen LogP contribution in [0.1, 0.15) is 50.0 Å². The molecule has 2 saturated carbocycles. The fraction of sp³-hybridized carbons (Fsp3) is 0.375. The van der Waals surface area contributed by atoms with Crippen molar-refractivity contribution in [3.8, 4) is 0 Å². The molecule has 0 saturated heterocycles. The molecule has 138 valence electrons. The molecule has 0 unspecified atom stereocenters. The number of fused-ring (bicyclic) bond motifs is 1. The number of benzene rings is 2. The van der Waals surface area contributed by atoms with E-state index in [0.717, 1.165) is 24.0 Å². The van der Waals surface area contributed by atoms with Crippen molar-refractivity contribution in [2.24, 2.45) is 5.41 Å². The lowest BCUT2D eigenvalue weighted by Gasteiger charge is -2.40. The van der Waals surface area contributed by atoms with E-state index in [1.807, 2.05) is 6.07 Å². The number of rotatable bonds is 3. The summed E-state index contributed by atoms with van der Waals surface area (Å²) < 4.78 is 0. The quantitative estimate of drug-likeness (QED) is 0.635. The summed E-state index contributed by atoms with van der Waals surface area (Å²) in [4.78, 5) is 16.8. The molecule has 1 spiro atoms. The van der Waals surface area contributed by atoms with Gasteiger partial charge in [0, 0.05) is 46.6 Å². The monoisotopic (exact) mass is 358 g/mol. The zero-order chi connectivity index (χ0) is 18.3. The van der Waals surface area contributed by atoms with E-state index in [4.69, 9.17) is 0 Å². The van der Waals surface area contributed by atoms with Crippen LogP contribution in [0.4, 0.5) is 5.69 Å². The maximum absolute atomic E-state index is 13.3. The van der Waals surface area contributed by atoms with Crippen LogP contribution in [0.3, 0.4) is 0 Å². The highest BCUT2D eigenvalue weighted by Crippen LogP contribution is 2.54. The van der Waals surface area contributed by atoms with Crippen LogP contribution in [0, 0.1) is 5.41 Å². The molecular formula is C24H26N2O. The third kappa shape index (κ3) is 2.68. The van der Waals surface area contributed by atoms with E-state index >= 15 is 0 Å². The van der Waals surface area contributed by atoms with Crippen molar-refractivity contribution in [1.82, 2.24) is 4.98 Å². The standard InChI is InChI=1S/C24H26N2O/c27-22-15-19(20-16-25-21-12-6-5-11-18(20)21)23(24(22)13-7-2-8-14-24)26-17-9-3-1-4-10-17/h1,3-6,9-12,16,19,23,25-26H,2,7-8,13-15H2/t19-,23-/m0/s1. The van der Waals surface area contributed by atoms with E-state index in [2.05, 4.69) is 65.0 Å². The molecule has 2 aliphatic rings. The number of H-pyrrole nitrogens is 1. The second-order valence-corrected chi connectivity index (χ2v) is 8.23. The summed E-state index contributed by atoms with van der Waals surface area (Å²) in [7, 11) is 0. The van der Waals surface area contributed by atoms with Crippen LogP contribution in [-0.4, -0.2) is 16.8 Å². The fourth-order valence-corrected chi connectivity index (χ4v) is 5.49. The number of aromatic nitrogens is 1. The molecule has 5 rings (SSSR count). The van der Waals surface area contributed by atoms with Crippen molar-refractivity contribution >= 4 is 22.4 Å². The molecule has 0 radical (unpaired) electrons. The van der Waals surface area contributed by atoms with E-state index in [1.54, 1.807) is 0 Å². The summed E-state index contributed by atoms with van der Waals surface area (Å²) in [5.41, 5.74) is 3.35. The maximum atomic E-state index is 13.3. The van der Waals surface area contributed by atoms with Gasteiger partial charge in [-0.15, -0.1) is 0 Å². The molecule has 0 aliphatic heterocycles. The molecule has 0 bridgehead atoms. The van der Waals surface area contributed by atoms with Crippen molar-refractivity contribution in [3.63, 3.8) is 0 Å². The van der Waals surface area contributed by atoms with Gasteiger partial charge in [0.25, 0.3) is 0 Å². The number of Topliss-reactive ketones (excluding diaryl/α,β-unsaturated/α-hetero) is 1. The summed E-state index contributed by atoms with van der Waals surface area (Å²) in [6, 6.07) is 19.0. The average molecular weight is 358 g/mol. The molecule has 2 atom stereocenters. The highest BCUT2D eigenvalue weighted by Gasteiger charge is 2.55. The van der Waals surface area contributed by atoms with Crippen LogP contribution in [-0.2, 0) is 4.79 Å². The first-order valence-electron chi connectivity index (χ1n) is 10.2. The largest absolute Gasteiger partial charge is 0.381 e. The Morgan fingerprint density at radius 2 is 1.67 bits per heavy atom. The lowest BCUT2D eigenvalue weighted by Crippen LogP contribution is -2.44. The molecule has 3 aromatic rings. The van der Waals surface area contributed by atoms with Crippen molar-refractivity contribution in [1.29, 1.82) is 0 Å². The Bertz CT molecular complexity index is 953. The summed E-state index contributed by atoms with van der Waals surface area (Å²) in [5.74, 6) is 0.679. The molecule has 2 aliphatic carbocycles. The molecule has 1 aromatic heterocycles. The van der Waals surface area contributed by atoms with Crippen molar-refractivity contribution in [3.05, 3.63) is 66.4 Å². The van der Waals surface area contributed by atoms with Crippen LogP contribution in [0.15, 0.2) is 60.8 Å². The Kier molecular flexibility index (Phi) is 4.04. The van der Waals surface area contributed by atoms with Crippen molar-refractivity contribution in [2.75, 3.05) is 5.32 Å². The zero-order valence-electron chi connectivity index (χ0n) is 15.6. The molecular weight excluding hydrogens is 332 g/mol. The zero-order valence-corrected chi connectivity index (χ0v) is 15.6. The van der Waals surface area contributed by atoms with Gasteiger partial charge in [0.2, 0.25) is 0 Å². The molecule has 3 heteroatoms. The SMILES string of the molecule is O=C1C[C@@H](c2c[nH]c3ccccc23)[C@H](Nc2ccccc2)C12CCCCC2. The third-order valence-electron chi connectivity index (χ3n) is 6.82. The second kappa shape index (κ2) is 6.56. The van der Waals surface area contributed by atoms with Gasteiger partial charge in [0.1, 0.15) is 5.78 Å². The number of aromatic amines is 1.